The maximum Gasteiger partial charge on any atom is 0.313 e. The van der Waals surface area contributed by atoms with Crippen LogP contribution in [0.1, 0.15) is 123 Å². The van der Waals surface area contributed by atoms with Gasteiger partial charge in [-0.05, 0) is 160 Å². The molecule has 4 heterocycles. The van der Waals surface area contributed by atoms with E-state index < -0.39 is 58.1 Å². The lowest BCUT2D eigenvalue weighted by molar-refractivity contribution is -0.190. The number of aromatic amines is 2. The number of esters is 1. The van der Waals surface area contributed by atoms with Gasteiger partial charge in [-0.3, -0.25) is 9.59 Å². The topological polar surface area (TPSA) is 181 Å². The maximum absolute atomic E-state index is 14.4. The van der Waals surface area contributed by atoms with Crippen LogP contribution in [0.5, 0.6) is 0 Å². The predicted molar refractivity (Wildman–Crippen MR) is 254 cm³/mol. The van der Waals surface area contributed by atoms with Crippen LogP contribution in [0.25, 0.3) is 10.9 Å². The van der Waals surface area contributed by atoms with Gasteiger partial charge >= 0.3 is 5.97 Å². The molecule has 0 bridgehead atoms. The molecule has 0 radical (unpaired) electrons. The van der Waals surface area contributed by atoms with Gasteiger partial charge in [0.2, 0.25) is 0 Å². The fraction of sp³-hybridized carbons (Fsp3) is 0.679. The molecule has 3 aromatic heterocycles. The first-order valence-electron chi connectivity index (χ1n) is 25.9. The number of aromatic nitrogens is 3. The fourth-order valence-corrected chi connectivity index (χ4v) is 17.1. The number of aliphatic hydroxyl groups excluding tert-OH is 3. The van der Waals surface area contributed by atoms with Crippen LogP contribution in [0.4, 0.5) is 0 Å². The average Bonchev–Trinajstić information content (AvgIpc) is 4.13. The number of nitrogens with one attached hydrogen (secondary N) is 2. The van der Waals surface area contributed by atoms with E-state index in [0.29, 0.717) is 62.7 Å². The van der Waals surface area contributed by atoms with Crippen molar-refractivity contribution < 1.29 is 39.9 Å². The minimum atomic E-state index is -1.64. The molecule has 0 unspecified atom stereocenters. The molecule has 7 N–H and O–H groups in total. The highest BCUT2D eigenvalue weighted by molar-refractivity contribution is 5.95. The zero-order valence-electron chi connectivity index (χ0n) is 39.9. The summed E-state index contributed by atoms with van der Waals surface area (Å²) in [6.07, 6.45) is 19.3. The van der Waals surface area contributed by atoms with E-state index in [1.54, 1.807) is 11.6 Å². The summed E-state index contributed by atoms with van der Waals surface area (Å²) in [7, 11) is 0. The summed E-state index contributed by atoms with van der Waals surface area (Å²) in [6.45, 7) is 9.36. The lowest BCUT2D eigenvalue weighted by atomic mass is 9.44. The smallest absolute Gasteiger partial charge is 0.313 e. The number of carbonyl (C=O) groups excluding carboxylic acids is 2. The molecule has 4 saturated carbocycles. The molecule has 1 aliphatic heterocycles. The van der Waals surface area contributed by atoms with Crippen molar-refractivity contribution >= 4 is 22.7 Å². The lowest BCUT2D eigenvalue weighted by Gasteiger charge is -2.61. The number of ketones is 1. The van der Waals surface area contributed by atoms with Gasteiger partial charge in [0.15, 0.2) is 5.78 Å². The Morgan fingerprint density at radius 1 is 0.925 bits per heavy atom. The lowest BCUT2D eigenvalue weighted by Crippen LogP contribution is -2.64. The summed E-state index contributed by atoms with van der Waals surface area (Å²) in [5, 5.41) is 63.5. The molecule has 0 spiro atoms. The van der Waals surface area contributed by atoms with Gasteiger partial charge < -0.3 is 44.8 Å². The van der Waals surface area contributed by atoms with Crippen LogP contribution in [0.3, 0.4) is 0 Å². The number of aryl methyl sites for hydroxylation is 1. The highest BCUT2D eigenvalue weighted by Crippen LogP contribution is 2.72. The van der Waals surface area contributed by atoms with Gasteiger partial charge in [0.05, 0.1) is 47.6 Å². The van der Waals surface area contributed by atoms with Crippen molar-refractivity contribution in [3.63, 3.8) is 0 Å². The van der Waals surface area contributed by atoms with Crippen LogP contribution in [0.15, 0.2) is 66.4 Å². The highest BCUT2D eigenvalue weighted by Gasteiger charge is 2.73. The van der Waals surface area contributed by atoms with Crippen molar-refractivity contribution in [2.45, 2.75) is 153 Å². The van der Waals surface area contributed by atoms with Crippen LogP contribution >= 0.6 is 0 Å². The van der Waals surface area contributed by atoms with Gasteiger partial charge in [0.25, 0.3) is 0 Å². The number of hydrogen-bond donors (Lipinski definition) is 7. The number of ether oxygens (including phenoxy) is 1. The quantitative estimate of drug-likeness (QED) is 0.0777. The van der Waals surface area contributed by atoms with E-state index in [4.69, 9.17) is 4.74 Å². The third kappa shape index (κ3) is 7.15. The zero-order chi connectivity index (χ0) is 46.8. The first-order chi connectivity index (χ1) is 32.0. The Balaban J connectivity index is 1.04. The number of aliphatic hydroxyl groups is 5. The Morgan fingerprint density at radius 2 is 1.76 bits per heavy atom. The first-order valence-corrected chi connectivity index (χ1v) is 25.9. The molecule has 360 valence electrons. The molecule has 3 aromatic rings. The van der Waals surface area contributed by atoms with Crippen molar-refractivity contribution in [2.24, 2.45) is 75.9 Å². The summed E-state index contributed by atoms with van der Waals surface area (Å²) in [6, 6.07) is 4.02. The van der Waals surface area contributed by atoms with Crippen LogP contribution in [0, 0.1) is 87.8 Å². The second-order valence-corrected chi connectivity index (χ2v) is 23.8. The van der Waals surface area contributed by atoms with E-state index in [9.17, 15) is 35.1 Å². The van der Waals surface area contributed by atoms with E-state index in [0.717, 1.165) is 42.1 Å². The van der Waals surface area contributed by atoms with E-state index >= 15 is 0 Å². The maximum atomic E-state index is 14.4. The Morgan fingerprint density at radius 3 is 2.55 bits per heavy atom. The molecule has 11 rings (SSSR count). The van der Waals surface area contributed by atoms with Gasteiger partial charge in [0.1, 0.15) is 0 Å². The highest BCUT2D eigenvalue weighted by atomic mass is 16.5. The summed E-state index contributed by atoms with van der Waals surface area (Å²) in [4.78, 5) is 34.6. The zero-order valence-corrected chi connectivity index (χ0v) is 39.9. The fourth-order valence-electron chi connectivity index (χ4n) is 17.1. The molecular formula is C56H73N3O8. The third-order valence-corrected chi connectivity index (χ3v) is 20.4. The number of rotatable bonds is 5. The standard InChI is InChI=1S/C56H73N3O8/c1-31-8-9-33-10-11-38-32(2)21-49(63)54(4,65)51-35(7-5-6-34(22-40(38)39(33)20-31)41-30-67-52(64)50(41)36-13-17-57-27-36)25-56(66)43-23-46(60)44-24-47(61)48(62)26-53(44,3)42(43)12-15-55(51,56)16-19-59-28-37-14-18-58-45(37)29-59/h10,13-14,17-18,23,27-29,31-32,34-35,38-42,44,47-51,57-58,61-63,65-66H,7-9,11-12,15-16,19-22,24-26,30H2,1-4H3/t31-,32+,34+,35-,38-,39+,40-,41-,42-,44-,47+,48-,49+,50-,51+,53+,54-,55-,56+/m0/s1. The van der Waals surface area contributed by atoms with Crippen LogP contribution < -0.4 is 0 Å². The summed E-state index contributed by atoms with van der Waals surface area (Å²) in [5.74, 6) is 6.42. The molecule has 7 aliphatic carbocycles. The minimum Gasteiger partial charge on any atom is -0.465 e. The number of nitrogens with zero attached hydrogens (tertiary/aromatic N) is 1. The van der Waals surface area contributed by atoms with Gasteiger partial charge in [0, 0.05) is 78.4 Å². The van der Waals surface area contributed by atoms with E-state index in [2.05, 4.69) is 65.6 Å². The van der Waals surface area contributed by atoms with Gasteiger partial charge in [-0.1, -0.05) is 38.3 Å². The van der Waals surface area contributed by atoms with Crippen molar-refractivity contribution in [3.8, 4) is 11.8 Å². The molecule has 0 aromatic carbocycles. The van der Waals surface area contributed by atoms with Crippen molar-refractivity contribution in [1.82, 2.24) is 14.5 Å². The molecule has 8 aliphatic rings. The molecule has 19 atom stereocenters. The second kappa shape index (κ2) is 16.6. The Kier molecular flexibility index (Phi) is 11.3. The molecule has 0 amide bonds. The normalized spacial score (nSPS) is 46.4. The second-order valence-electron chi connectivity index (χ2n) is 23.8. The number of allylic oxidation sites excluding steroid dienone is 3. The van der Waals surface area contributed by atoms with Crippen LogP contribution in [-0.4, -0.2) is 87.9 Å². The summed E-state index contributed by atoms with van der Waals surface area (Å²) in [5.41, 5.74) is -0.630. The monoisotopic (exact) mass is 916 g/mol. The van der Waals surface area contributed by atoms with Gasteiger partial charge in [-0.15, -0.1) is 5.92 Å². The SMILES string of the molecule is C[C@H]1CCC2=CC[C@@H]3[C@H](C[C@H]([C@@H]4COC(=O)[C@H]4c4cc[nH]c4)C#CC[C@H]4C[C@@]5(O)C6=CC(=O)[C@@H]7C[C@@H](O)[C@@H](O)C[C@]7(C)[C@H]6CC[C@]5(CCn5cc6cc[nH]c6c5)[C@H]4[C@@](C)(O)[C@H](O)C[C@H]3C)[C@@H]2C1. The third-order valence-electron chi connectivity index (χ3n) is 20.4. The molecule has 5 fully saturated rings. The number of carbonyl (C=O) groups is 2. The number of hydrogen-bond acceptors (Lipinski definition) is 8. The average molecular weight is 916 g/mol. The van der Waals surface area contributed by atoms with E-state index in [1.807, 2.05) is 37.6 Å². The van der Waals surface area contributed by atoms with Crippen molar-refractivity contribution in [1.29, 1.82) is 0 Å². The summed E-state index contributed by atoms with van der Waals surface area (Å²) >= 11 is 0. The van der Waals surface area contributed by atoms with Crippen LogP contribution in [0.2, 0.25) is 0 Å². The molecule has 11 heteroatoms. The predicted octanol–water partition coefficient (Wildman–Crippen LogP) is 7.61. The number of fused-ring (bicyclic) bond motifs is 11. The van der Waals surface area contributed by atoms with Crippen molar-refractivity contribution in [3.05, 3.63) is 72.0 Å². The molecule has 1 saturated heterocycles. The molecule has 67 heavy (non-hydrogen) atoms. The van der Waals surface area contributed by atoms with E-state index in [-0.39, 0.29) is 72.4 Å². The Bertz CT molecular complexity index is 2480. The molecule has 11 nitrogen and oxygen atoms in total. The Hall–Kier alpha value is -3.92. The van der Waals surface area contributed by atoms with Gasteiger partial charge in [-0.25, -0.2) is 0 Å². The minimum absolute atomic E-state index is 0.0506. The first kappa shape index (κ1) is 45.5. The Labute approximate surface area is 395 Å². The van der Waals surface area contributed by atoms with Gasteiger partial charge in [-0.2, -0.15) is 0 Å². The number of cyclic esters (lactones) is 1. The largest absolute Gasteiger partial charge is 0.465 e. The number of H-pyrrole nitrogens is 2. The van der Waals surface area contributed by atoms with Crippen LogP contribution in [-0.2, 0) is 20.9 Å². The molecular weight excluding hydrogens is 843 g/mol. The van der Waals surface area contributed by atoms with Crippen molar-refractivity contribution in [2.75, 3.05) is 6.61 Å². The van der Waals surface area contributed by atoms with E-state index in [1.165, 1.54) is 6.42 Å². The summed E-state index contributed by atoms with van der Waals surface area (Å²) < 4.78 is 8.09.